The molecule has 2 aromatic heterocycles. The van der Waals surface area contributed by atoms with Crippen LogP contribution in [0.3, 0.4) is 0 Å². The maximum Gasteiger partial charge on any atom is 0.271 e. The Morgan fingerprint density at radius 3 is 1.56 bits per heavy atom. The summed E-state index contributed by atoms with van der Waals surface area (Å²) < 4.78 is 35.9. The van der Waals surface area contributed by atoms with E-state index in [0.29, 0.717) is 17.2 Å². The van der Waals surface area contributed by atoms with Gasteiger partial charge < -0.3 is 4.57 Å². The van der Waals surface area contributed by atoms with Gasteiger partial charge in [0.1, 0.15) is 10.7 Å². The Hall–Kier alpha value is -6.37. The highest BCUT2D eigenvalue weighted by Crippen LogP contribution is 2.51. The van der Waals surface area contributed by atoms with Gasteiger partial charge in [0.05, 0.1) is 27.9 Å². The Morgan fingerprint density at radius 2 is 0.920 bits per heavy atom. The van der Waals surface area contributed by atoms with Crippen molar-refractivity contribution in [2.45, 2.75) is 4.90 Å². The molecule has 0 saturated carbocycles. The SMILES string of the molecule is O=S1(=O)c2cc(-c3ccc(-n4c5ccccc5c5ccccc54)cc3)ccc2-n2c(c(-c3ccccc3)c3ccccc32)N1c1ccccc1. The van der Waals surface area contributed by atoms with Crippen LogP contribution in [-0.4, -0.2) is 17.6 Å². The number of benzene rings is 7. The fraction of sp³-hybridized carbons (Fsp3) is 0. The van der Waals surface area contributed by atoms with Crippen LogP contribution in [0.5, 0.6) is 0 Å². The minimum atomic E-state index is -4.04. The molecule has 0 aliphatic carbocycles. The smallest absolute Gasteiger partial charge is 0.271 e. The predicted molar refractivity (Wildman–Crippen MR) is 204 cm³/mol. The van der Waals surface area contributed by atoms with Gasteiger partial charge >= 0.3 is 0 Å². The number of hydrogen-bond donors (Lipinski definition) is 0. The van der Waals surface area contributed by atoms with Crippen LogP contribution < -0.4 is 4.31 Å². The summed E-state index contributed by atoms with van der Waals surface area (Å²) in [7, 11) is -4.04. The Bertz CT molecular complexity index is 2820. The van der Waals surface area contributed by atoms with Crippen molar-refractivity contribution in [1.29, 1.82) is 0 Å². The molecule has 5 nitrogen and oxygen atoms in total. The number of fused-ring (bicyclic) bond motifs is 8. The van der Waals surface area contributed by atoms with Crippen LogP contribution in [0.4, 0.5) is 11.5 Å². The Labute approximate surface area is 289 Å². The first-order valence-electron chi connectivity index (χ1n) is 16.6. The van der Waals surface area contributed by atoms with Gasteiger partial charge in [-0.2, -0.15) is 0 Å². The Morgan fingerprint density at radius 1 is 0.400 bits per heavy atom. The third kappa shape index (κ3) is 4.09. The average molecular weight is 664 g/mol. The molecule has 0 spiro atoms. The molecule has 0 atom stereocenters. The van der Waals surface area contributed by atoms with E-state index in [2.05, 4.69) is 94.1 Å². The Balaban J connectivity index is 1.17. The van der Waals surface area contributed by atoms with E-state index in [1.54, 1.807) is 0 Å². The van der Waals surface area contributed by atoms with Gasteiger partial charge in [-0.25, -0.2) is 12.7 Å². The summed E-state index contributed by atoms with van der Waals surface area (Å²) in [4.78, 5) is 0.262. The normalized spacial score (nSPS) is 13.5. The van der Waals surface area contributed by atoms with Gasteiger partial charge in [0.15, 0.2) is 0 Å². The van der Waals surface area contributed by atoms with E-state index in [9.17, 15) is 8.42 Å². The first-order chi connectivity index (χ1) is 24.6. The van der Waals surface area contributed by atoms with Gasteiger partial charge in [-0.05, 0) is 71.3 Å². The van der Waals surface area contributed by atoms with Crippen LogP contribution in [0.25, 0.3) is 66.3 Å². The van der Waals surface area contributed by atoms with Crippen LogP contribution in [0, 0.1) is 0 Å². The summed E-state index contributed by atoms with van der Waals surface area (Å²) in [5.74, 6) is 0.611. The van der Waals surface area contributed by atoms with Crippen LogP contribution >= 0.6 is 0 Å². The second-order valence-corrected chi connectivity index (χ2v) is 14.4. The molecule has 0 bridgehead atoms. The summed E-state index contributed by atoms with van der Waals surface area (Å²) >= 11 is 0. The van der Waals surface area contributed by atoms with E-state index < -0.39 is 10.0 Å². The molecule has 7 aromatic carbocycles. The number of rotatable bonds is 4. The lowest BCUT2D eigenvalue weighted by Crippen LogP contribution is -2.33. The quantitative estimate of drug-likeness (QED) is 0.188. The van der Waals surface area contributed by atoms with E-state index in [-0.39, 0.29) is 4.90 Å². The molecule has 0 N–H and O–H groups in total. The molecule has 1 aliphatic heterocycles. The first kappa shape index (κ1) is 28.6. The molecule has 6 heteroatoms. The molecule has 0 saturated heterocycles. The molecular weight excluding hydrogens is 635 g/mol. The van der Waals surface area contributed by atoms with Crippen molar-refractivity contribution in [3.63, 3.8) is 0 Å². The van der Waals surface area contributed by atoms with E-state index >= 15 is 0 Å². The molecule has 0 unspecified atom stereocenters. The van der Waals surface area contributed by atoms with Crippen molar-refractivity contribution in [3.8, 4) is 33.6 Å². The summed E-state index contributed by atoms with van der Waals surface area (Å²) in [5.41, 5.74) is 9.10. The topological polar surface area (TPSA) is 47.2 Å². The molecule has 3 heterocycles. The van der Waals surface area contributed by atoms with Gasteiger partial charge in [0.25, 0.3) is 10.0 Å². The van der Waals surface area contributed by atoms with Gasteiger partial charge in [-0.1, -0.05) is 121 Å². The van der Waals surface area contributed by atoms with Gasteiger partial charge in [0.2, 0.25) is 0 Å². The predicted octanol–water partition coefficient (Wildman–Crippen LogP) is 10.9. The molecule has 0 amide bonds. The average Bonchev–Trinajstić information content (AvgIpc) is 3.69. The zero-order chi connectivity index (χ0) is 33.4. The molecule has 0 radical (unpaired) electrons. The zero-order valence-electron chi connectivity index (χ0n) is 26.8. The standard InChI is InChI=1S/C44H29N3O2S/c48-50(49)42-29-32(30-23-26-33(27-24-30)45-38-20-10-7-17-35(38)36-18-8-11-21-39(36)45)25-28-41(42)46-40-22-12-9-19-37(40)43(31-13-3-1-4-14-31)44(46)47(50)34-15-5-2-6-16-34/h1-29H. The van der Waals surface area contributed by atoms with Crippen molar-refractivity contribution in [3.05, 3.63) is 176 Å². The van der Waals surface area contributed by atoms with E-state index in [4.69, 9.17) is 0 Å². The molecule has 0 fully saturated rings. The largest absolute Gasteiger partial charge is 0.309 e. The maximum atomic E-state index is 15.0. The second kappa shape index (κ2) is 10.8. The van der Waals surface area contributed by atoms with E-state index in [1.807, 2.05) is 91.0 Å². The van der Waals surface area contributed by atoms with Crippen molar-refractivity contribution in [2.75, 3.05) is 4.31 Å². The summed E-state index contributed by atoms with van der Waals surface area (Å²) in [6, 6.07) is 58.7. The van der Waals surface area contributed by atoms with E-state index in [0.717, 1.165) is 49.9 Å². The monoisotopic (exact) mass is 663 g/mol. The van der Waals surface area contributed by atoms with Gasteiger partial charge in [0, 0.05) is 27.4 Å². The highest BCUT2D eigenvalue weighted by Gasteiger charge is 2.40. The highest BCUT2D eigenvalue weighted by atomic mass is 32.2. The van der Waals surface area contributed by atoms with Crippen molar-refractivity contribution in [1.82, 2.24) is 9.13 Å². The summed E-state index contributed by atoms with van der Waals surface area (Å²) in [6.45, 7) is 0. The minimum Gasteiger partial charge on any atom is -0.309 e. The molecule has 9 aromatic rings. The maximum absolute atomic E-state index is 15.0. The van der Waals surface area contributed by atoms with Gasteiger partial charge in [-0.3, -0.25) is 4.57 Å². The van der Waals surface area contributed by atoms with Gasteiger partial charge in [-0.15, -0.1) is 0 Å². The lowest BCUT2D eigenvalue weighted by atomic mass is 10.0. The third-order valence-corrected chi connectivity index (χ3v) is 11.6. The fourth-order valence-electron chi connectivity index (χ4n) is 7.68. The number of sulfonamides is 1. The number of hydrogen-bond acceptors (Lipinski definition) is 2. The third-order valence-electron chi connectivity index (χ3n) is 9.85. The Kier molecular flexibility index (Phi) is 6.19. The lowest BCUT2D eigenvalue weighted by molar-refractivity contribution is 0.593. The second-order valence-electron chi connectivity index (χ2n) is 12.6. The molecule has 10 rings (SSSR count). The first-order valence-corrected chi connectivity index (χ1v) is 18.1. The van der Waals surface area contributed by atoms with Crippen molar-refractivity contribution in [2.24, 2.45) is 0 Å². The lowest BCUT2D eigenvalue weighted by Gasteiger charge is -2.33. The van der Waals surface area contributed by atoms with Crippen LogP contribution in [0.2, 0.25) is 0 Å². The minimum absolute atomic E-state index is 0.262. The number of nitrogens with zero attached hydrogens (tertiary/aromatic N) is 3. The molecular formula is C44H29N3O2S. The van der Waals surface area contributed by atoms with E-state index in [1.165, 1.54) is 15.1 Å². The van der Waals surface area contributed by atoms with Crippen LogP contribution in [-0.2, 0) is 10.0 Å². The van der Waals surface area contributed by atoms with Crippen molar-refractivity contribution < 1.29 is 8.42 Å². The fourth-order valence-corrected chi connectivity index (χ4v) is 9.37. The summed E-state index contributed by atoms with van der Waals surface area (Å²) in [6.07, 6.45) is 0. The zero-order valence-corrected chi connectivity index (χ0v) is 27.6. The number of anilines is 2. The number of aromatic nitrogens is 2. The summed E-state index contributed by atoms with van der Waals surface area (Å²) in [5, 5.41) is 3.41. The highest BCUT2D eigenvalue weighted by molar-refractivity contribution is 7.93. The van der Waals surface area contributed by atoms with Crippen LogP contribution in [0.15, 0.2) is 181 Å². The number of para-hydroxylation sites is 4. The molecule has 50 heavy (non-hydrogen) atoms. The van der Waals surface area contributed by atoms with Crippen LogP contribution in [0.1, 0.15) is 0 Å². The van der Waals surface area contributed by atoms with Crippen molar-refractivity contribution >= 4 is 54.2 Å². The molecule has 1 aliphatic rings. The molecule has 238 valence electrons.